The van der Waals surface area contributed by atoms with Crippen molar-refractivity contribution in [3.8, 4) is 11.5 Å². The van der Waals surface area contributed by atoms with E-state index < -0.39 is 29.0 Å². The molecule has 0 aliphatic heterocycles. The summed E-state index contributed by atoms with van der Waals surface area (Å²) in [4.78, 5) is 16.4. The number of nitrogens with one attached hydrogen (secondary N) is 1. The topological polar surface area (TPSA) is 60.5 Å². The van der Waals surface area contributed by atoms with Crippen LogP contribution in [-0.4, -0.2) is 18.0 Å². The Hall–Kier alpha value is -3.07. The number of halogens is 3. The zero-order valence-electron chi connectivity index (χ0n) is 14.0. The number of benzene rings is 2. The predicted octanol–water partition coefficient (Wildman–Crippen LogP) is 4.40. The molecule has 0 saturated carbocycles. The molecule has 1 N–H and O–H groups in total. The Bertz CT molecular complexity index is 965. The number of nitrogens with zero attached hydrogens (tertiary/aromatic N) is 1. The van der Waals surface area contributed by atoms with Crippen LogP contribution in [0.3, 0.4) is 0 Å². The number of ether oxygens (including phenoxy) is 2. The van der Waals surface area contributed by atoms with Gasteiger partial charge in [0, 0.05) is 10.9 Å². The molecule has 0 unspecified atom stereocenters. The Labute approximate surface area is 156 Å². The Morgan fingerprint density at radius 2 is 1.96 bits per heavy atom. The van der Waals surface area contributed by atoms with E-state index in [1.54, 1.807) is 5.51 Å². The molecule has 0 bridgehead atoms. The molecule has 1 heterocycles. The lowest BCUT2D eigenvalue weighted by Crippen LogP contribution is -2.14. The molecule has 0 aliphatic carbocycles. The predicted molar refractivity (Wildman–Crippen MR) is 93.7 cm³/mol. The summed E-state index contributed by atoms with van der Waals surface area (Å²) >= 11 is 1.44. The Balaban J connectivity index is 1.76. The van der Waals surface area contributed by atoms with Gasteiger partial charge in [0.2, 0.25) is 0 Å². The van der Waals surface area contributed by atoms with Crippen molar-refractivity contribution < 1.29 is 27.4 Å². The standard InChI is InChI=1S/C18H13F3N2O3S/c1-25-15-6-10(2-5-14(15)26-7-11-8-27-9-22-11)18(24)23-13-4-3-12(19)16(20)17(13)21/h2-6,8-9H,7H2,1H3,(H,23,24). The van der Waals surface area contributed by atoms with Crippen LogP contribution < -0.4 is 14.8 Å². The summed E-state index contributed by atoms with van der Waals surface area (Å²) in [5, 5.41) is 4.03. The molecule has 0 saturated heterocycles. The minimum Gasteiger partial charge on any atom is -0.493 e. The third-order valence-corrected chi connectivity index (χ3v) is 4.20. The average molecular weight is 394 g/mol. The van der Waals surface area contributed by atoms with Gasteiger partial charge in [0.15, 0.2) is 29.0 Å². The first-order valence-electron chi connectivity index (χ1n) is 7.62. The van der Waals surface area contributed by atoms with Crippen molar-refractivity contribution in [1.82, 2.24) is 4.98 Å². The van der Waals surface area contributed by atoms with Crippen LogP contribution in [-0.2, 0) is 6.61 Å². The number of thiazole rings is 1. The zero-order valence-corrected chi connectivity index (χ0v) is 14.8. The fraction of sp³-hybridized carbons (Fsp3) is 0.111. The highest BCUT2D eigenvalue weighted by Gasteiger charge is 2.17. The van der Waals surface area contributed by atoms with Crippen molar-refractivity contribution >= 4 is 22.9 Å². The van der Waals surface area contributed by atoms with E-state index >= 15 is 0 Å². The van der Waals surface area contributed by atoms with Gasteiger partial charge in [0.1, 0.15) is 6.61 Å². The molecule has 1 amide bonds. The van der Waals surface area contributed by atoms with Crippen LogP contribution in [0.4, 0.5) is 18.9 Å². The van der Waals surface area contributed by atoms with Crippen molar-refractivity contribution in [1.29, 1.82) is 0 Å². The van der Waals surface area contributed by atoms with E-state index in [2.05, 4.69) is 10.3 Å². The van der Waals surface area contributed by atoms with Crippen LogP contribution in [0.2, 0.25) is 0 Å². The minimum absolute atomic E-state index is 0.122. The molecule has 0 spiro atoms. The maximum Gasteiger partial charge on any atom is 0.255 e. The lowest BCUT2D eigenvalue weighted by Gasteiger charge is -2.12. The van der Waals surface area contributed by atoms with Crippen molar-refractivity contribution in [3.63, 3.8) is 0 Å². The zero-order chi connectivity index (χ0) is 19.4. The van der Waals surface area contributed by atoms with Crippen molar-refractivity contribution in [3.05, 3.63) is 69.9 Å². The van der Waals surface area contributed by atoms with Gasteiger partial charge in [-0.15, -0.1) is 11.3 Å². The van der Waals surface area contributed by atoms with Gasteiger partial charge in [-0.1, -0.05) is 0 Å². The van der Waals surface area contributed by atoms with Crippen molar-refractivity contribution in [2.75, 3.05) is 12.4 Å². The van der Waals surface area contributed by atoms with Crippen molar-refractivity contribution in [2.45, 2.75) is 6.61 Å². The minimum atomic E-state index is -1.66. The smallest absolute Gasteiger partial charge is 0.255 e. The molecule has 27 heavy (non-hydrogen) atoms. The van der Waals surface area contributed by atoms with E-state index in [-0.39, 0.29) is 17.9 Å². The number of anilines is 1. The maximum absolute atomic E-state index is 13.7. The molecule has 3 rings (SSSR count). The number of carbonyl (C=O) groups excluding carboxylic acids is 1. The molecule has 9 heteroatoms. The third kappa shape index (κ3) is 4.20. The molecule has 0 atom stereocenters. The average Bonchev–Trinajstić information content (AvgIpc) is 3.20. The van der Waals surface area contributed by atoms with E-state index in [9.17, 15) is 18.0 Å². The molecule has 1 aromatic heterocycles. The molecule has 2 aromatic carbocycles. The Morgan fingerprint density at radius 1 is 1.15 bits per heavy atom. The first-order chi connectivity index (χ1) is 13.0. The van der Waals surface area contributed by atoms with Crippen LogP contribution >= 0.6 is 11.3 Å². The number of amides is 1. The summed E-state index contributed by atoms with van der Waals surface area (Å²) in [6.45, 7) is 0.228. The fourth-order valence-corrected chi connectivity index (χ4v) is 2.75. The number of aromatic nitrogens is 1. The van der Waals surface area contributed by atoms with Crippen LogP contribution in [0.1, 0.15) is 16.1 Å². The van der Waals surface area contributed by atoms with Gasteiger partial charge in [0.05, 0.1) is 24.0 Å². The summed E-state index contributed by atoms with van der Waals surface area (Å²) in [5.41, 5.74) is 2.08. The second-order valence-electron chi connectivity index (χ2n) is 5.31. The molecular formula is C18H13F3N2O3S. The molecule has 0 fully saturated rings. The highest BCUT2D eigenvalue weighted by Crippen LogP contribution is 2.29. The maximum atomic E-state index is 13.7. The third-order valence-electron chi connectivity index (χ3n) is 3.57. The lowest BCUT2D eigenvalue weighted by molar-refractivity contribution is 0.102. The molecule has 140 valence electrons. The molecule has 5 nitrogen and oxygen atoms in total. The number of hydrogen-bond acceptors (Lipinski definition) is 5. The van der Waals surface area contributed by atoms with Crippen LogP contribution in [0, 0.1) is 17.5 Å². The Kier molecular flexibility index (Phi) is 5.60. The first-order valence-corrected chi connectivity index (χ1v) is 8.56. The van der Waals surface area contributed by atoms with E-state index in [0.29, 0.717) is 5.75 Å². The van der Waals surface area contributed by atoms with Gasteiger partial charge < -0.3 is 14.8 Å². The number of methoxy groups -OCH3 is 1. The molecule has 0 radical (unpaired) electrons. The second-order valence-corrected chi connectivity index (χ2v) is 6.03. The number of hydrogen-bond donors (Lipinski definition) is 1. The van der Waals surface area contributed by atoms with E-state index in [1.165, 1.54) is 36.6 Å². The van der Waals surface area contributed by atoms with Crippen molar-refractivity contribution in [2.24, 2.45) is 0 Å². The highest BCUT2D eigenvalue weighted by atomic mass is 32.1. The summed E-state index contributed by atoms with van der Waals surface area (Å²) in [7, 11) is 1.40. The van der Waals surface area contributed by atoms with E-state index in [1.807, 2.05) is 5.38 Å². The Morgan fingerprint density at radius 3 is 2.67 bits per heavy atom. The van der Waals surface area contributed by atoms with E-state index in [0.717, 1.165) is 17.8 Å². The lowest BCUT2D eigenvalue weighted by atomic mass is 10.1. The van der Waals surface area contributed by atoms with Gasteiger partial charge in [-0.05, 0) is 30.3 Å². The normalized spacial score (nSPS) is 10.5. The summed E-state index contributed by atoms with van der Waals surface area (Å²) in [6.07, 6.45) is 0. The monoisotopic (exact) mass is 394 g/mol. The quantitative estimate of drug-likeness (QED) is 0.630. The van der Waals surface area contributed by atoms with Crippen LogP contribution in [0.5, 0.6) is 11.5 Å². The highest BCUT2D eigenvalue weighted by molar-refractivity contribution is 7.07. The number of rotatable bonds is 6. The van der Waals surface area contributed by atoms with Crippen LogP contribution in [0.15, 0.2) is 41.2 Å². The molecule has 0 aliphatic rings. The van der Waals surface area contributed by atoms with E-state index in [4.69, 9.17) is 9.47 Å². The largest absolute Gasteiger partial charge is 0.493 e. The molecule has 3 aromatic rings. The summed E-state index contributed by atoms with van der Waals surface area (Å²) in [5.74, 6) is -4.52. The number of carbonyl (C=O) groups is 1. The fourth-order valence-electron chi connectivity index (χ4n) is 2.21. The SMILES string of the molecule is COc1cc(C(=O)Nc2ccc(F)c(F)c2F)ccc1OCc1cscn1. The summed E-state index contributed by atoms with van der Waals surface area (Å²) < 4.78 is 50.8. The molecular weight excluding hydrogens is 381 g/mol. The first kappa shape index (κ1) is 18.7. The van der Waals surface area contributed by atoms with Gasteiger partial charge in [-0.25, -0.2) is 18.2 Å². The van der Waals surface area contributed by atoms with Gasteiger partial charge >= 0.3 is 0 Å². The van der Waals surface area contributed by atoms with Crippen LogP contribution in [0.25, 0.3) is 0 Å². The van der Waals surface area contributed by atoms with Gasteiger partial charge in [0.25, 0.3) is 5.91 Å². The van der Waals surface area contributed by atoms with Gasteiger partial charge in [-0.3, -0.25) is 4.79 Å². The second kappa shape index (κ2) is 8.09. The summed E-state index contributed by atoms with van der Waals surface area (Å²) in [6, 6.07) is 6.01. The van der Waals surface area contributed by atoms with Gasteiger partial charge in [-0.2, -0.15) is 0 Å².